The number of aromatic nitrogens is 2. The van der Waals surface area contributed by atoms with E-state index in [1.54, 1.807) is 12.1 Å². The number of primary amides is 1. The molecule has 0 bridgehead atoms. The lowest BCUT2D eigenvalue weighted by molar-refractivity contribution is -0.120. The fraction of sp³-hybridized carbons (Fsp3) is 0.222. The Kier molecular flexibility index (Phi) is 5.86. The van der Waals surface area contributed by atoms with Crippen LogP contribution in [0, 0.1) is 6.92 Å². The minimum atomic E-state index is -0.549. The highest BCUT2D eigenvalue weighted by Gasteiger charge is 2.23. The van der Waals surface area contributed by atoms with Crippen LogP contribution in [0.2, 0.25) is 0 Å². The summed E-state index contributed by atoms with van der Waals surface area (Å²) < 4.78 is 2.24. The Hall–Kier alpha value is -3.97. The highest BCUT2D eigenvalue weighted by atomic mass is 16.2. The molecule has 0 saturated carbocycles. The van der Waals surface area contributed by atoms with Gasteiger partial charge in [0.2, 0.25) is 5.91 Å². The summed E-state index contributed by atoms with van der Waals surface area (Å²) in [6, 6.07) is 19.8. The van der Waals surface area contributed by atoms with Gasteiger partial charge in [0.05, 0.1) is 11.7 Å². The molecule has 5 rings (SSSR count). The first-order chi connectivity index (χ1) is 16.5. The molecule has 0 radical (unpaired) electrons. The Balaban J connectivity index is 1.53. The molecule has 172 valence electrons. The van der Waals surface area contributed by atoms with E-state index in [0.717, 1.165) is 35.0 Å². The standard InChI is InChI=1S/C27H27N5O2/c1-17-5-7-18(8-6-17)15-32-16-20(14-30-24-11-12-29-27(24)34)21-13-19(9-10-25(21)32)22-3-2-4-23(31-22)26(28)33/h2-10,13,16,24,30H,11-12,14-15H2,1H3,(H2,28,33)(H,29,34). The van der Waals surface area contributed by atoms with Crippen LogP contribution in [0.3, 0.4) is 0 Å². The molecule has 1 atom stereocenters. The van der Waals surface area contributed by atoms with Crippen molar-refractivity contribution in [3.63, 3.8) is 0 Å². The van der Waals surface area contributed by atoms with Crippen LogP contribution in [0.4, 0.5) is 0 Å². The summed E-state index contributed by atoms with van der Waals surface area (Å²) in [5.41, 5.74) is 11.9. The van der Waals surface area contributed by atoms with Gasteiger partial charge in [-0.15, -0.1) is 0 Å². The molecule has 0 spiro atoms. The molecule has 3 heterocycles. The predicted molar refractivity (Wildman–Crippen MR) is 132 cm³/mol. The van der Waals surface area contributed by atoms with E-state index in [0.29, 0.717) is 18.8 Å². The third-order valence-corrected chi connectivity index (χ3v) is 6.32. The van der Waals surface area contributed by atoms with E-state index in [2.05, 4.69) is 69.7 Å². The van der Waals surface area contributed by atoms with Crippen LogP contribution in [0.15, 0.2) is 66.9 Å². The van der Waals surface area contributed by atoms with Crippen LogP contribution in [-0.4, -0.2) is 34.0 Å². The van der Waals surface area contributed by atoms with Crippen molar-refractivity contribution in [1.82, 2.24) is 20.2 Å². The number of nitrogens with one attached hydrogen (secondary N) is 2. The molecule has 7 nitrogen and oxygen atoms in total. The molecular formula is C27H27N5O2. The Morgan fingerprint density at radius 1 is 1.18 bits per heavy atom. The van der Waals surface area contributed by atoms with Gasteiger partial charge in [-0.1, -0.05) is 42.0 Å². The summed E-state index contributed by atoms with van der Waals surface area (Å²) in [5, 5.41) is 7.37. The topological polar surface area (TPSA) is 102 Å². The molecule has 2 amide bonds. The minimum Gasteiger partial charge on any atom is -0.364 e. The van der Waals surface area contributed by atoms with Crippen LogP contribution in [-0.2, 0) is 17.9 Å². The first-order valence-corrected chi connectivity index (χ1v) is 11.4. The second-order valence-electron chi connectivity index (χ2n) is 8.79. The van der Waals surface area contributed by atoms with Gasteiger partial charge >= 0.3 is 0 Å². The van der Waals surface area contributed by atoms with Gasteiger partial charge in [-0.25, -0.2) is 4.98 Å². The number of rotatable bonds is 7. The van der Waals surface area contributed by atoms with Crippen LogP contribution in [0.1, 0.15) is 33.6 Å². The van der Waals surface area contributed by atoms with Crippen LogP contribution in [0.5, 0.6) is 0 Å². The number of benzene rings is 2. The second-order valence-corrected chi connectivity index (χ2v) is 8.79. The third-order valence-electron chi connectivity index (χ3n) is 6.32. The van der Waals surface area contributed by atoms with Crippen molar-refractivity contribution in [2.45, 2.75) is 32.5 Å². The molecule has 2 aromatic carbocycles. The highest BCUT2D eigenvalue weighted by Crippen LogP contribution is 2.28. The summed E-state index contributed by atoms with van der Waals surface area (Å²) in [4.78, 5) is 28.1. The quantitative estimate of drug-likeness (QED) is 0.400. The number of carbonyl (C=O) groups excluding carboxylic acids is 2. The summed E-state index contributed by atoms with van der Waals surface area (Å²) in [6.07, 6.45) is 2.94. The first kappa shape index (κ1) is 21.9. The number of nitrogens with zero attached hydrogens (tertiary/aromatic N) is 2. The van der Waals surface area contributed by atoms with Gasteiger partial charge in [0.25, 0.3) is 5.91 Å². The van der Waals surface area contributed by atoms with Gasteiger partial charge < -0.3 is 20.9 Å². The summed E-state index contributed by atoms with van der Waals surface area (Å²) in [6.45, 7) is 4.11. The van der Waals surface area contributed by atoms with E-state index in [1.807, 2.05) is 12.1 Å². The Bertz CT molecular complexity index is 1370. The molecule has 1 aliphatic heterocycles. The number of nitrogens with two attached hydrogens (primary N) is 1. The number of aryl methyl sites for hydroxylation is 1. The molecule has 0 aliphatic carbocycles. The zero-order chi connectivity index (χ0) is 23.7. The molecule has 7 heteroatoms. The molecular weight excluding hydrogens is 426 g/mol. The zero-order valence-electron chi connectivity index (χ0n) is 19.0. The number of fused-ring (bicyclic) bond motifs is 1. The largest absolute Gasteiger partial charge is 0.364 e. The zero-order valence-corrected chi connectivity index (χ0v) is 19.0. The van der Waals surface area contributed by atoms with Crippen LogP contribution >= 0.6 is 0 Å². The lowest BCUT2D eigenvalue weighted by Crippen LogP contribution is -2.35. The van der Waals surface area contributed by atoms with E-state index in [-0.39, 0.29) is 17.6 Å². The van der Waals surface area contributed by atoms with E-state index >= 15 is 0 Å². The van der Waals surface area contributed by atoms with Crippen LogP contribution < -0.4 is 16.4 Å². The van der Waals surface area contributed by atoms with Crippen molar-refractivity contribution in [2.24, 2.45) is 5.73 Å². The molecule has 1 unspecified atom stereocenters. The minimum absolute atomic E-state index is 0.0524. The van der Waals surface area contributed by atoms with Gasteiger partial charge in [-0.05, 0) is 48.7 Å². The Labute approximate surface area is 198 Å². The van der Waals surface area contributed by atoms with Gasteiger partial charge in [0, 0.05) is 42.3 Å². The first-order valence-electron chi connectivity index (χ1n) is 11.4. The van der Waals surface area contributed by atoms with Gasteiger partial charge in [-0.3, -0.25) is 9.59 Å². The number of carbonyl (C=O) groups is 2. The van der Waals surface area contributed by atoms with E-state index in [1.165, 1.54) is 11.1 Å². The maximum Gasteiger partial charge on any atom is 0.267 e. The smallest absolute Gasteiger partial charge is 0.267 e. The molecule has 1 fully saturated rings. The predicted octanol–water partition coefficient (Wildman–Crippen LogP) is 3.14. The summed E-state index contributed by atoms with van der Waals surface area (Å²) >= 11 is 0. The maximum absolute atomic E-state index is 12.0. The monoisotopic (exact) mass is 453 g/mol. The summed E-state index contributed by atoms with van der Waals surface area (Å²) in [5.74, 6) is -0.497. The van der Waals surface area contributed by atoms with E-state index < -0.39 is 5.91 Å². The van der Waals surface area contributed by atoms with Crippen molar-refractivity contribution >= 4 is 22.7 Å². The van der Waals surface area contributed by atoms with Crippen molar-refractivity contribution in [3.8, 4) is 11.3 Å². The number of amides is 2. The molecule has 4 N–H and O–H groups in total. The average Bonchev–Trinajstić information content (AvgIpc) is 3.41. The fourth-order valence-electron chi connectivity index (χ4n) is 4.45. The second kappa shape index (κ2) is 9.11. The van der Waals surface area contributed by atoms with Gasteiger partial charge in [-0.2, -0.15) is 0 Å². The van der Waals surface area contributed by atoms with Crippen molar-refractivity contribution in [2.75, 3.05) is 6.54 Å². The third kappa shape index (κ3) is 4.43. The number of hydrogen-bond acceptors (Lipinski definition) is 4. The molecule has 1 aliphatic rings. The van der Waals surface area contributed by atoms with Crippen molar-refractivity contribution < 1.29 is 9.59 Å². The number of hydrogen-bond donors (Lipinski definition) is 3. The molecule has 4 aromatic rings. The maximum atomic E-state index is 12.0. The average molecular weight is 454 g/mol. The summed E-state index contributed by atoms with van der Waals surface area (Å²) in [7, 11) is 0. The van der Waals surface area contributed by atoms with E-state index in [9.17, 15) is 9.59 Å². The highest BCUT2D eigenvalue weighted by molar-refractivity contribution is 5.92. The van der Waals surface area contributed by atoms with Crippen LogP contribution in [0.25, 0.3) is 22.2 Å². The normalized spacial score (nSPS) is 15.6. The number of pyridine rings is 1. The van der Waals surface area contributed by atoms with Crippen molar-refractivity contribution in [1.29, 1.82) is 0 Å². The fourth-order valence-corrected chi connectivity index (χ4v) is 4.45. The Morgan fingerprint density at radius 2 is 2.00 bits per heavy atom. The molecule has 1 saturated heterocycles. The van der Waals surface area contributed by atoms with Gasteiger partial charge in [0.1, 0.15) is 5.69 Å². The molecule has 34 heavy (non-hydrogen) atoms. The SMILES string of the molecule is Cc1ccc(Cn2cc(CNC3CCNC3=O)c3cc(-c4cccc(C(N)=O)n4)ccc32)cc1. The molecule has 2 aromatic heterocycles. The van der Waals surface area contributed by atoms with Gasteiger partial charge in [0.15, 0.2) is 0 Å². The van der Waals surface area contributed by atoms with Crippen molar-refractivity contribution in [3.05, 3.63) is 89.2 Å². The lowest BCUT2D eigenvalue weighted by atomic mass is 10.1. The Morgan fingerprint density at radius 3 is 2.74 bits per heavy atom. The lowest BCUT2D eigenvalue weighted by Gasteiger charge is -2.09. The van der Waals surface area contributed by atoms with E-state index in [4.69, 9.17) is 5.73 Å².